The highest BCUT2D eigenvalue weighted by Crippen LogP contribution is 2.37. The Labute approximate surface area is 171 Å². The Bertz CT molecular complexity index is 1020. The molecule has 0 aromatic heterocycles. The van der Waals surface area contributed by atoms with Crippen molar-refractivity contribution in [1.29, 1.82) is 0 Å². The normalized spacial score (nSPS) is 14.1. The van der Waals surface area contributed by atoms with Crippen LogP contribution in [0.2, 0.25) is 0 Å². The maximum atomic E-state index is 12.9. The average molecular weight is 443 g/mol. The lowest BCUT2D eigenvalue weighted by Crippen LogP contribution is -2.46. The standard InChI is InChI=1S/C21H19BrN2O4/c1-4-17(20(27)23-15-7-5-6-13(9-15)12(3)25)24-18-11(2)8-14(22)10-16(18)19(26)21(24)28/h5-10,17H,4H2,1-3H3,(H,23,27). The highest BCUT2D eigenvalue weighted by molar-refractivity contribution is 9.10. The van der Waals surface area contributed by atoms with Crippen LogP contribution in [0.4, 0.5) is 11.4 Å². The summed E-state index contributed by atoms with van der Waals surface area (Å²) in [4.78, 5) is 50.9. The van der Waals surface area contributed by atoms with Crippen molar-refractivity contribution in [2.45, 2.75) is 33.2 Å². The van der Waals surface area contributed by atoms with Gasteiger partial charge in [0, 0.05) is 15.7 Å². The van der Waals surface area contributed by atoms with Crippen LogP contribution in [0.3, 0.4) is 0 Å². The van der Waals surface area contributed by atoms with E-state index in [1.54, 1.807) is 50.2 Å². The van der Waals surface area contributed by atoms with Gasteiger partial charge in [-0.05, 0) is 50.1 Å². The Hall–Kier alpha value is -2.80. The Balaban J connectivity index is 1.95. The lowest BCUT2D eigenvalue weighted by molar-refractivity contribution is -0.121. The van der Waals surface area contributed by atoms with Gasteiger partial charge < -0.3 is 5.32 Å². The molecule has 2 aromatic rings. The summed E-state index contributed by atoms with van der Waals surface area (Å²) in [6, 6.07) is 9.15. The van der Waals surface area contributed by atoms with E-state index >= 15 is 0 Å². The number of amides is 2. The van der Waals surface area contributed by atoms with Crippen molar-refractivity contribution in [2.75, 3.05) is 10.2 Å². The van der Waals surface area contributed by atoms with Crippen LogP contribution in [0.5, 0.6) is 0 Å². The first-order chi connectivity index (χ1) is 13.2. The summed E-state index contributed by atoms with van der Waals surface area (Å²) in [5.41, 5.74) is 2.43. The zero-order valence-corrected chi connectivity index (χ0v) is 17.3. The van der Waals surface area contributed by atoms with E-state index in [0.29, 0.717) is 33.4 Å². The molecule has 0 saturated carbocycles. The summed E-state index contributed by atoms with van der Waals surface area (Å²) in [7, 11) is 0. The lowest BCUT2D eigenvalue weighted by Gasteiger charge is -2.27. The Morgan fingerprint density at radius 3 is 2.54 bits per heavy atom. The summed E-state index contributed by atoms with van der Waals surface area (Å²) in [5, 5.41) is 2.76. The van der Waals surface area contributed by atoms with Gasteiger partial charge in [-0.25, -0.2) is 0 Å². The van der Waals surface area contributed by atoms with Gasteiger partial charge in [0.15, 0.2) is 5.78 Å². The van der Waals surface area contributed by atoms with E-state index in [-0.39, 0.29) is 5.78 Å². The van der Waals surface area contributed by atoms with Crippen LogP contribution in [0.25, 0.3) is 0 Å². The molecule has 0 saturated heterocycles. The summed E-state index contributed by atoms with van der Waals surface area (Å²) in [5.74, 6) is -1.86. The number of Topliss-reactive ketones (excluding diaryl/α,β-unsaturated/α-hetero) is 2. The molecule has 0 radical (unpaired) electrons. The van der Waals surface area contributed by atoms with Crippen LogP contribution in [0.15, 0.2) is 40.9 Å². The van der Waals surface area contributed by atoms with Crippen LogP contribution in [0.1, 0.15) is 46.5 Å². The molecule has 3 rings (SSSR count). The van der Waals surface area contributed by atoms with Crippen molar-refractivity contribution in [1.82, 2.24) is 0 Å². The van der Waals surface area contributed by atoms with Gasteiger partial charge >= 0.3 is 0 Å². The minimum Gasteiger partial charge on any atom is -0.324 e. The van der Waals surface area contributed by atoms with Crippen LogP contribution in [0, 0.1) is 6.92 Å². The fourth-order valence-electron chi connectivity index (χ4n) is 3.38. The van der Waals surface area contributed by atoms with Gasteiger partial charge in [0.2, 0.25) is 5.91 Å². The third kappa shape index (κ3) is 3.49. The Kier molecular flexibility index (Phi) is 5.47. The molecule has 1 heterocycles. The average Bonchev–Trinajstić information content (AvgIpc) is 2.88. The number of carbonyl (C=O) groups is 4. The molecular weight excluding hydrogens is 424 g/mol. The van der Waals surface area contributed by atoms with Gasteiger partial charge in [-0.2, -0.15) is 0 Å². The van der Waals surface area contributed by atoms with E-state index in [1.165, 1.54) is 11.8 Å². The maximum Gasteiger partial charge on any atom is 0.300 e. The Morgan fingerprint density at radius 1 is 1.18 bits per heavy atom. The van der Waals surface area contributed by atoms with Gasteiger partial charge in [-0.3, -0.25) is 24.1 Å². The predicted molar refractivity (Wildman–Crippen MR) is 110 cm³/mol. The number of fused-ring (bicyclic) bond motifs is 1. The van der Waals surface area contributed by atoms with Crippen molar-refractivity contribution in [3.05, 3.63) is 57.6 Å². The van der Waals surface area contributed by atoms with Gasteiger partial charge in [0.05, 0.1) is 11.3 Å². The van der Waals surface area contributed by atoms with Crippen molar-refractivity contribution in [3.8, 4) is 0 Å². The number of benzene rings is 2. The topological polar surface area (TPSA) is 83.6 Å². The SMILES string of the molecule is CCC(C(=O)Nc1cccc(C(C)=O)c1)N1C(=O)C(=O)c2cc(Br)cc(C)c21. The highest BCUT2D eigenvalue weighted by Gasteiger charge is 2.43. The number of nitrogens with one attached hydrogen (secondary N) is 1. The van der Waals surface area contributed by atoms with Crippen LogP contribution < -0.4 is 10.2 Å². The number of ketones is 2. The number of carbonyl (C=O) groups excluding carboxylic acids is 4. The van der Waals surface area contributed by atoms with Gasteiger partial charge in [-0.1, -0.05) is 35.0 Å². The molecule has 0 spiro atoms. The largest absolute Gasteiger partial charge is 0.324 e. The van der Waals surface area contributed by atoms with E-state index < -0.39 is 23.6 Å². The molecule has 7 heteroatoms. The van der Waals surface area contributed by atoms with E-state index in [9.17, 15) is 19.2 Å². The third-order valence-electron chi connectivity index (χ3n) is 4.70. The molecule has 1 N–H and O–H groups in total. The Morgan fingerprint density at radius 2 is 1.89 bits per heavy atom. The maximum absolute atomic E-state index is 12.9. The summed E-state index contributed by atoms with van der Waals surface area (Å²) < 4.78 is 0.699. The van der Waals surface area contributed by atoms with Gasteiger partial charge in [0.25, 0.3) is 11.7 Å². The zero-order chi connectivity index (χ0) is 20.6. The molecule has 2 aromatic carbocycles. The first-order valence-electron chi connectivity index (χ1n) is 8.84. The molecule has 0 fully saturated rings. The molecule has 1 aliphatic rings. The second-order valence-corrected chi connectivity index (χ2v) is 7.59. The molecule has 6 nitrogen and oxygen atoms in total. The first-order valence-corrected chi connectivity index (χ1v) is 9.63. The van der Waals surface area contributed by atoms with E-state index in [4.69, 9.17) is 0 Å². The zero-order valence-electron chi connectivity index (χ0n) is 15.7. The predicted octanol–water partition coefficient (Wildman–Crippen LogP) is 3.91. The van der Waals surface area contributed by atoms with Crippen LogP contribution >= 0.6 is 15.9 Å². The molecule has 144 valence electrons. The van der Waals surface area contributed by atoms with Gasteiger partial charge in [0.1, 0.15) is 6.04 Å². The van der Waals surface area contributed by atoms with E-state index in [2.05, 4.69) is 21.2 Å². The number of aryl methyl sites for hydroxylation is 1. The van der Waals surface area contributed by atoms with Crippen LogP contribution in [-0.2, 0) is 9.59 Å². The smallest absolute Gasteiger partial charge is 0.300 e. The second-order valence-electron chi connectivity index (χ2n) is 6.67. The molecule has 28 heavy (non-hydrogen) atoms. The molecule has 2 amide bonds. The fourth-order valence-corrected chi connectivity index (χ4v) is 3.95. The van der Waals surface area contributed by atoms with Crippen molar-refractivity contribution in [2.24, 2.45) is 0 Å². The van der Waals surface area contributed by atoms with E-state index in [0.717, 1.165) is 5.56 Å². The lowest BCUT2D eigenvalue weighted by atomic mass is 10.1. The first kappa shape index (κ1) is 19.9. The summed E-state index contributed by atoms with van der Waals surface area (Å²) in [6.45, 7) is 5.02. The summed E-state index contributed by atoms with van der Waals surface area (Å²) >= 11 is 3.34. The number of rotatable bonds is 5. The molecule has 0 bridgehead atoms. The summed E-state index contributed by atoms with van der Waals surface area (Å²) in [6.07, 6.45) is 0.326. The van der Waals surface area contributed by atoms with Crippen molar-refractivity contribution in [3.63, 3.8) is 0 Å². The minimum atomic E-state index is -0.849. The second kappa shape index (κ2) is 7.67. The third-order valence-corrected chi connectivity index (χ3v) is 5.16. The number of hydrogen-bond donors (Lipinski definition) is 1. The van der Waals surface area contributed by atoms with Crippen molar-refractivity contribution >= 4 is 50.7 Å². The van der Waals surface area contributed by atoms with Crippen molar-refractivity contribution < 1.29 is 19.2 Å². The molecular formula is C21H19BrN2O4. The highest BCUT2D eigenvalue weighted by atomic mass is 79.9. The van der Waals surface area contributed by atoms with E-state index in [1.807, 2.05) is 0 Å². The number of hydrogen-bond acceptors (Lipinski definition) is 4. The monoisotopic (exact) mass is 442 g/mol. The molecule has 1 unspecified atom stereocenters. The van der Waals surface area contributed by atoms with Gasteiger partial charge in [-0.15, -0.1) is 0 Å². The number of halogens is 1. The molecule has 1 aliphatic heterocycles. The van der Waals surface area contributed by atoms with Crippen LogP contribution in [-0.4, -0.2) is 29.4 Å². The minimum absolute atomic E-state index is 0.112. The fraction of sp³-hybridized carbons (Fsp3) is 0.238. The quantitative estimate of drug-likeness (QED) is 0.561. The molecule has 0 aliphatic carbocycles. The number of nitrogens with zero attached hydrogens (tertiary/aromatic N) is 1. The number of anilines is 2. The molecule has 1 atom stereocenters.